The quantitative estimate of drug-likeness (QED) is 0.223. The van der Waals surface area contributed by atoms with E-state index in [9.17, 15) is 14.4 Å². The lowest BCUT2D eigenvalue weighted by atomic mass is 9.92. The van der Waals surface area contributed by atoms with Crippen LogP contribution in [0.4, 0.5) is 0 Å². The first-order valence-electron chi connectivity index (χ1n) is 12.7. The van der Waals surface area contributed by atoms with Gasteiger partial charge in [-0.1, -0.05) is 44.0 Å². The van der Waals surface area contributed by atoms with Crippen molar-refractivity contribution in [3.05, 3.63) is 35.4 Å². The molecule has 0 heterocycles. The molecule has 0 saturated heterocycles. The summed E-state index contributed by atoms with van der Waals surface area (Å²) >= 11 is 0. The van der Waals surface area contributed by atoms with Gasteiger partial charge in [-0.2, -0.15) is 0 Å². The van der Waals surface area contributed by atoms with Crippen molar-refractivity contribution in [1.82, 2.24) is 0 Å². The normalized spacial score (nSPS) is 13.2. The van der Waals surface area contributed by atoms with Crippen molar-refractivity contribution in [3.8, 4) is 0 Å². The third-order valence-corrected chi connectivity index (χ3v) is 5.74. The fourth-order valence-corrected chi connectivity index (χ4v) is 4.15. The van der Waals surface area contributed by atoms with E-state index < -0.39 is 11.6 Å². The van der Waals surface area contributed by atoms with Crippen LogP contribution < -0.4 is 0 Å². The summed E-state index contributed by atoms with van der Waals surface area (Å²) in [6, 6.07) is 7.58. The van der Waals surface area contributed by atoms with Gasteiger partial charge in [0.1, 0.15) is 11.7 Å². The molecule has 0 saturated carbocycles. The standard InChI is InChI=1S/C28H44O6/c1-6-7-8-18-25(33-21(2)29)19-12-17-23(27(32)34-28(3,4)5)16-11-15-22-13-9-10-14-24(22)20-26(30)31/h9-10,13-14,23,25H,6-8,11-12,15-20H2,1-5H3,(H,30,31). The van der Waals surface area contributed by atoms with E-state index >= 15 is 0 Å². The Bertz CT molecular complexity index is 764. The van der Waals surface area contributed by atoms with Crippen molar-refractivity contribution in [2.24, 2.45) is 5.92 Å². The second-order valence-electron chi connectivity index (χ2n) is 10.1. The van der Waals surface area contributed by atoms with Crippen LogP contribution in [0.2, 0.25) is 0 Å². The number of aliphatic carboxylic acids is 1. The molecule has 2 unspecified atom stereocenters. The van der Waals surface area contributed by atoms with Crippen molar-refractivity contribution in [1.29, 1.82) is 0 Å². The number of aryl methyl sites for hydroxylation is 1. The van der Waals surface area contributed by atoms with Gasteiger partial charge in [-0.05, 0) is 83.3 Å². The highest BCUT2D eigenvalue weighted by Crippen LogP contribution is 2.24. The molecule has 192 valence electrons. The molecule has 1 aromatic rings. The zero-order valence-corrected chi connectivity index (χ0v) is 21.7. The maximum Gasteiger partial charge on any atom is 0.309 e. The Morgan fingerprint density at radius 3 is 2.12 bits per heavy atom. The zero-order chi connectivity index (χ0) is 25.6. The highest BCUT2D eigenvalue weighted by molar-refractivity contribution is 5.73. The van der Waals surface area contributed by atoms with Crippen molar-refractivity contribution < 1.29 is 29.0 Å². The third kappa shape index (κ3) is 13.4. The Kier molecular flexibility index (Phi) is 13.5. The number of hydrogen-bond donors (Lipinski definition) is 1. The Morgan fingerprint density at radius 1 is 0.912 bits per heavy atom. The van der Waals surface area contributed by atoms with E-state index in [1.54, 1.807) is 0 Å². The average molecular weight is 477 g/mol. The van der Waals surface area contributed by atoms with E-state index in [1.165, 1.54) is 6.92 Å². The average Bonchev–Trinajstić information content (AvgIpc) is 2.71. The van der Waals surface area contributed by atoms with E-state index in [0.717, 1.165) is 62.5 Å². The number of carbonyl (C=O) groups excluding carboxylic acids is 2. The topological polar surface area (TPSA) is 89.9 Å². The molecule has 0 aliphatic heterocycles. The van der Waals surface area contributed by atoms with Crippen LogP contribution in [-0.2, 0) is 36.7 Å². The van der Waals surface area contributed by atoms with Gasteiger partial charge >= 0.3 is 17.9 Å². The molecule has 0 bridgehead atoms. The predicted octanol–water partition coefficient (Wildman–Crippen LogP) is 6.28. The number of esters is 2. The first-order valence-corrected chi connectivity index (χ1v) is 12.7. The second-order valence-corrected chi connectivity index (χ2v) is 10.1. The number of carboxylic acid groups (broad SMARTS) is 1. The minimum Gasteiger partial charge on any atom is -0.481 e. The van der Waals surface area contributed by atoms with Gasteiger partial charge in [0.25, 0.3) is 0 Å². The fraction of sp³-hybridized carbons (Fsp3) is 0.679. The van der Waals surface area contributed by atoms with Crippen LogP contribution in [0, 0.1) is 5.92 Å². The van der Waals surface area contributed by atoms with E-state index in [2.05, 4.69) is 6.92 Å². The van der Waals surface area contributed by atoms with Gasteiger partial charge < -0.3 is 14.6 Å². The van der Waals surface area contributed by atoms with Crippen LogP contribution in [0.15, 0.2) is 24.3 Å². The van der Waals surface area contributed by atoms with Gasteiger partial charge in [-0.3, -0.25) is 14.4 Å². The molecule has 1 rings (SSSR count). The minimum absolute atomic E-state index is 0.00123. The number of unbranched alkanes of at least 4 members (excludes halogenated alkanes) is 2. The van der Waals surface area contributed by atoms with Gasteiger partial charge in [0.05, 0.1) is 12.3 Å². The summed E-state index contributed by atoms with van der Waals surface area (Å²) < 4.78 is 11.2. The monoisotopic (exact) mass is 476 g/mol. The largest absolute Gasteiger partial charge is 0.481 e. The summed E-state index contributed by atoms with van der Waals surface area (Å²) in [5, 5.41) is 9.16. The summed E-state index contributed by atoms with van der Waals surface area (Å²) in [6.45, 7) is 9.20. The molecular formula is C28H44O6. The maximum atomic E-state index is 12.9. The molecule has 6 nitrogen and oxygen atoms in total. The van der Waals surface area contributed by atoms with E-state index in [-0.39, 0.29) is 30.4 Å². The fourth-order valence-electron chi connectivity index (χ4n) is 4.15. The minimum atomic E-state index is -0.847. The molecule has 0 aliphatic rings. The van der Waals surface area contributed by atoms with Crippen LogP contribution in [0.1, 0.15) is 104 Å². The number of benzene rings is 1. The lowest BCUT2D eigenvalue weighted by molar-refractivity contribution is -0.161. The molecule has 0 radical (unpaired) electrons. The van der Waals surface area contributed by atoms with Gasteiger partial charge in [-0.25, -0.2) is 0 Å². The highest BCUT2D eigenvalue weighted by atomic mass is 16.6. The number of hydrogen-bond acceptors (Lipinski definition) is 5. The predicted molar refractivity (Wildman–Crippen MR) is 134 cm³/mol. The lowest BCUT2D eigenvalue weighted by Crippen LogP contribution is -2.29. The molecule has 0 spiro atoms. The molecule has 6 heteroatoms. The zero-order valence-electron chi connectivity index (χ0n) is 21.7. The molecule has 0 fully saturated rings. The van der Waals surface area contributed by atoms with Gasteiger partial charge in [-0.15, -0.1) is 0 Å². The molecular weight excluding hydrogens is 432 g/mol. The van der Waals surface area contributed by atoms with Crippen molar-refractivity contribution in [2.45, 2.75) is 117 Å². The maximum absolute atomic E-state index is 12.9. The SMILES string of the molecule is CCCCCC(CCCC(CCCc1ccccc1CC(=O)O)C(=O)OC(C)(C)C)OC(C)=O. The summed E-state index contributed by atoms with van der Waals surface area (Å²) in [7, 11) is 0. The van der Waals surface area contributed by atoms with Crippen molar-refractivity contribution in [3.63, 3.8) is 0 Å². The smallest absolute Gasteiger partial charge is 0.309 e. The number of carboxylic acids is 1. The lowest BCUT2D eigenvalue weighted by Gasteiger charge is -2.25. The number of ether oxygens (including phenoxy) is 2. The van der Waals surface area contributed by atoms with Crippen molar-refractivity contribution in [2.75, 3.05) is 0 Å². The van der Waals surface area contributed by atoms with Gasteiger partial charge in [0.2, 0.25) is 0 Å². The van der Waals surface area contributed by atoms with Gasteiger partial charge in [0, 0.05) is 6.92 Å². The first-order chi connectivity index (χ1) is 16.0. The van der Waals surface area contributed by atoms with Crippen molar-refractivity contribution >= 4 is 17.9 Å². The molecule has 0 amide bonds. The molecule has 0 aliphatic carbocycles. The van der Waals surface area contributed by atoms with Crippen LogP contribution in [0.3, 0.4) is 0 Å². The third-order valence-electron chi connectivity index (χ3n) is 5.74. The number of carbonyl (C=O) groups is 3. The Labute approximate surface area is 205 Å². The summed E-state index contributed by atoms with van der Waals surface area (Å²) in [6.07, 6.45) is 8.36. The van der Waals surface area contributed by atoms with Gasteiger partial charge in [0.15, 0.2) is 0 Å². The van der Waals surface area contributed by atoms with E-state index in [0.29, 0.717) is 12.8 Å². The summed E-state index contributed by atoms with van der Waals surface area (Å²) in [5.74, 6) is -1.54. The molecule has 34 heavy (non-hydrogen) atoms. The number of rotatable bonds is 16. The van der Waals surface area contributed by atoms with Crippen LogP contribution in [-0.4, -0.2) is 34.7 Å². The van der Waals surface area contributed by atoms with E-state index in [4.69, 9.17) is 14.6 Å². The second kappa shape index (κ2) is 15.5. The van der Waals surface area contributed by atoms with Crippen LogP contribution >= 0.6 is 0 Å². The molecule has 1 N–H and O–H groups in total. The highest BCUT2D eigenvalue weighted by Gasteiger charge is 2.25. The van der Waals surface area contributed by atoms with Crippen LogP contribution in [0.25, 0.3) is 0 Å². The Hall–Kier alpha value is -2.37. The first kappa shape index (κ1) is 29.7. The van der Waals surface area contributed by atoms with Crippen LogP contribution in [0.5, 0.6) is 0 Å². The van der Waals surface area contributed by atoms with E-state index in [1.807, 2.05) is 45.0 Å². The summed E-state index contributed by atoms with van der Waals surface area (Å²) in [4.78, 5) is 35.5. The molecule has 2 atom stereocenters. The molecule has 1 aromatic carbocycles. The summed E-state index contributed by atoms with van der Waals surface area (Å²) in [5.41, 5.74) is 1.28. The Morgan fingerprint density at radius 2 is 1.53 bits per heavy atom. The Balaban J connectivity index is 2.73. The molecule has 0 aromatic heterocycles.